The van der Waals surface area contributed by atoms with Gasteiger partial charge in [0.25, 0.3) is 0 Å². The fraction of sp³-hybridized carbons (Fsp3) is 0.364. The minimum Gasteiger partial charge on any atom is -0.464 e. The second-order valence-electron chi connectivity index (χ2n) is 3.35. The standard InChI is InChI=1S/C11H12F3NO2/c1-8(16)17-6-5-15-10-4-2-3-9(7-10)11(12,13)14/h2-4,7,15H,5-6H2,1H3. The molecular weight excluding hydrogens is 235 g/mol. The average Bonchev–Trinajstić information content (AvgIpc) is 2.23. The van der Waals surface area contributed by atoms with Crippen molar-refractivity contribution in [3.63, 3.8) is 0 Å². The summed E-state index contributed by atoms with van der Waals surface area (Å²) in [4.78, 5) is 10.4. The Labute approximate surface area is 96.6 Å². The molecule has 0 bridgehead atoms. The van der Waals surface area contributed by atoms with E-state index in [2.05, 4.69) is 10.1 Å². The summed E-state index contributed by atoms with van der Waals surface area (Å²) in [5, 5.41) is 2.74. The molecule has 17 heavy (non-hydrogen) atoms. The average molecular weight is 247 g/mol. The first-order valence-corrected chi connectivity index (χ1v) is 4.94. The molecule has 0 aromatic heterocycles. The lowest BCUT2D eigenvalue weighted by molar-refractivity contribution is -0.140. The van der Waals surface area contributed by atoms with Crippen LogP contribution in [0.3, 0.4) is 0 Å². The summed E-state index contributed by atoms with van der Waals surface area (Å²) in [6.07, 6.45) is -4.35. The number of rotatable bonds is 4. The summed E-state index contributed by atoms with van der Waals surface area (Å²) in [6.45, 7) is 1.65. The topological polar surface area (TPSA) is 38.3 Å². The monoisotopic (exact) mass is 247 g/mol. The molecule has 6 heteroatoms. The molecule has 1 aromatic rings. The first kappa shape index (κ1) is 13.3. The summed E-state index contributed by atoms with van der Waals surface area (Å²) in [5.41, 5.74) is -0.373. The first-order valence-electron chi connectivity index (χ1n) is 4.94. The largest absolute Gasteiger partial charge is 0.464 e. The fourth-order valence-electron chi connectivity index (χ4n) is 1.20. The number of nitrogens with one attached hydrogen (secondary N) is 1. The minimum absolute atomic E-state index is 0.117. The molecule has 3 nitrogen and oxygen atoms in total. The molecule has 0 unspecified atom stereocenters. The molecule has 0 aliphatic carbocycles. The molecule has 94 valence electrons. The third kappa shape index (κ3) is 4.76. The number of anilines is 1. The van der Waals surface area contributed by atoms with Crippen LogP contribution in [0, 0.1) is 0 Å². The molecular formula is C11H12F3NO2. The summed E-state index contributed by atoms with van der Waals surface area (Å²) >= 11 is 0. The van der Waals surface area contributed by atoms with Gasteiger partial charge in [0.1, 0.15) is 6.61 Å². The predicted molar refractivity (Wildman–Crippen MR) is 56.6 cm³/mol. The summed E-state index contributed by atoms with van der Waals surface area (Å²) in [6, 6.07) is 4.84. The van der Waals surface area contributed by atoms with Crippen LogP contribution in [0.1, 0.15) is 12.5 Å². The molecule has 1 N–H and O–H groups in total. The van der Waals surface area contributed by atoms with Gasteiger partial charge in [0, 0.05) is 19.2 Å². The van der Waals surface area contributed by atoms with Crippen molar-refractivity contribution < 1.29 is 22.7 Å². The van der Waals surface area contributed by atoms with Crippen LogP contribution in [0.4, 0.5) is 18.9 Å². The molecule has 0 saturated heterocycles. The van der Waals surface area contributed by atoms with Gasteiger partial charge in [0.2, 0.25) is 0 Å². The van der Waals surface area contributed by atoms with Gasteiger partial charge >= 0.3 is 12.1 Å². The van der Waals surface area contributed by atoms with Crippen LogP contribution in [0.2, 0.25) is 0 Å². The fourth-order valence-corrected chi connectivity index (χ4v) is 1.20. The number of hydrogen-bond acceptors (Lipinski definition) is 3. The predicted octanol–water partition coefficient (Wildman–Crippen LogP) is 2.68. The normalized spacial score (nSPS) is 11.1. The Morgan fingerprint density at radius 2 is 2.12 bits per heavy atom. The molecule has 0 atom stereocenters. The zero-order chi connectivity index (χ0) is 12.9. The number of esters is 1. The van der Waals surface area contributed by atoms with Crippen molar-refractivity contribution >= 4 is 11.7 Å². The number of hydrogen-bond donors (Lipinski definition) is 1. The highest BCUT2D eigenvalue weighted by Gasteiger charge is 2.30. The second-order valence-corrected chi connectivity index (χ2v) is 3.35. The van der Waals surface area contributed by atoms with E-state index in [0.717, 1.165) is 12.1 Å². The maximum atomic E-state index is 12.4. The smallest absolute Gasteiger partial charge is 0.416 e. The van der Waals surface area contributed by atoms with Gasteiger partial charge < -0.3 is 10.1 Å². The van der Waals surface area contributed by atoms with E-state index in [4.69, 9.17) is 0 Å². The van der Waals surface area contributed by atoms with Gasteiger partial charge in [-0.05, 0) is 18.2 Å². The molecule has 1 rings (SSSR count). The lowest BCUT2D eigenvalue weighted by Gasteiger charge is -2.10. The third-order valence-electron chi connectivity index (χ3n) is 1.93. The molecule has 0 aliphatic rings. The van der Waals surface area contributed by atoms with Crippen molar-refractivity contribution in [2.24, 2.45) is 0 Å². The van der Waals surface area contributed by atoms with Crippen molar-refractivity contribution in [3.05, 3.63) is 29.8 Å². The molecule has 0 fully saturated rings. The molecule has 0 spiro atoms. The van der Waals surface area contributed by atoms with Crippen LogP contribution in [-0.2, 0) is 15.7 Å². The first-order chi connectivity index (χ1) is 7.89. The maximum Gasteiger partial charge on any atom is 0.416 e. The Morgan fingerprint density at radius 3 is 2.71 bits per heavy atom. The van der Waals surface area contributed by atoms with Gasteiger partial charge in [-0.3, -0.25) is 4.79 Å². The van der Waals surface area contributed by atoms with Gasteiger partial charge in [0.05, 0.1) is 5.56 Å². The number of carbonyl (C=O) groups excluding carboxylic acids is 1. The van der Waals surface area contributed by atoms with Crippen molar-refractivity contribution in [2.75, 3.05) is 18.5 Å². The molecule has 0 radical (unpaired) electrons. The van der Waals surface area contributed by atoms with Crippen molar-refractivity contribution in [3.8, 4) is 0 Å². The van der Waals surface area contributed by atoms with E-state index in [0.29, 0.717) is 5.69 Å². The highest BCUT2D eigenvalue weighted by molar-refractivity contribution is 5.65. The van der Waals surface area contributed by atoms with Gasteiger partial charge in [0.15, 0.2) is 0 Å². The Bertz CT molecular complexity index is 391. The summed E-state index contributed by atoms with van der Waals surface area (Å²) in [5.74, 6) is -0.421. The SMILES string of the molecule is CC(=O)OCCNc1cccc(C(F)(F)F)c1. The highest BCUT2D eigenvalue weighted by atomic mass is 19.4. The Hall–Kier alpha value is -1.72. The molecule has 0 amide bonds. The molecule has 0 aliphatic heterocycles. The quantitative estimate of drug-likeness (QED) is 0.656. The second kappa shape index (κ2) is 5.56. The van der Waals surface area contributed by atoms with Crippen LogP contribution in [0.5, 0.6) is 0 Å². The maximum absolute atomic E-state index is 12.4. The Morgan fingerprint density at radius 1 is 1.41 bits per heavy atom. The number of halogens is 3. The molecule has 0 saturated carbocycles. The number of benzene rings is 1. The van der Waals surface area contributed by atoms with Crippen LogP contribution >= 0.6 is 0 Å². The van der Waals surface area contributed by atoms with Crippen molar-refractivity contribution in [2.45, 2.75) is 13.1 Å². The van der Waals surface area contributed by atoms with E-state index >= 15 is 0 Å². The Kier molecular flexibility index (Phi) is 4.37. The minimum atomic E-state index is -4.35. The summed E-state index contributed by atoms with van der Waals surface area (Å²) in [7, 11) is 0. The summed E-state index contributed by atoms with van der Waals surface area (Å²) < 4.78 is 41.7. The number of alkyl halides is 3. The van der Waals surface area contributed by atoms with Gasteiger partial charge in [-0.2, -0.15) is 13.2 Å². The number of carbonyl (C=O) groups is 1. The molecule has 0 heterocycles. The van der Waals surface area contributed by atoms with E-state index in [1.165, 1.54) is 19.1 Å². The van der Waals surface area contributed by atoms with Gasteiger partial charge in [-0.15, -0.1) is 0 Å². The van der Waals surface area contributed by atoms with Crippen molar-refractivity contribution in [1.29, 1.82) is 0 Å². The zero-order valence-electron chi connectivity index (χ0n) is 9.17. The van der Waals surface area contributed by atoms with Gasteiger partial charge in [-0.1, -0.05) is 6.07 Å². The van der Waals surface area contributed by atoms with Crippen molar-refractivity contribution in [1.82, 2.24) is 0 Å². The van der Waals surface area contributed by atoms with Crippen LogP contribution in [0.15, 0.2) is 24.3 Å². The van der Waals surface area contributed by atoms with E-state index in [1.807, 2.05) is 0 Å². The van der Waals surface area contributed by atoms with Gasteiger partial charge in [-0.25, -0.2) is 0 Å². The van der Waals surface area contributed by atoms with Crippen LogP contribution in [-0.4, -0.2) is 19.1 Å². The lowest BCUT2D eigenvalue weighted by atomic mass is 10.2. The number of ether oxygens (including phenoxy) is 1. The molecule has 1 aromatic carbocycles. The third-order valence-corrected chi connectivity index (χ3v) is 1.93. The van der Waals surface area contributed by atoms with E-state index in [-0.39, 0.29) is 13.2 Å². The van der Waals surface area contributed by atoms with E-state index in [9.17, 15) is 18.0 Å². The van der Waals surface area contributed by atoms with Crippen LogP contribution < -0.4 is 5.32 Å². The zero-order valence-corrected chi connectivity index (χ0v) is 9.17. The van der Waals surface area contributed by atoms with E-state index < -0.39 is 17.7 Å². The van der Waals surface area contributed by atoms with E-state index in [1.54, 1.807) is 0 Å². The highest BCUT2D eigenvalue weighted by Crippen LogP contribution is 2.30. The van der Waals surface area contributed by atoms with Crippen LogP contribution in [0.25, 0.3) is 0 Å². The Balaban J connectivity index is 2.52. The lowest BCUT2D eigenvalue weighted by Crippen LogP contribution is -2.12.